The first kappa shape index (κ1) is 15.8. The van der Waals surface area contributed by atoms with E-state index in [0.717, 1.165) is 25.7 Å². The molecule has 4 heteroatoms. The molecule has 0 spiro atoms. The van der Waals surface area contributed by atoms with Crippen LogP contribution in [0.1, 0.15) is 58.8 Å². The van der Waals surface area contributed by atoms with E-state index in [0.29, 0.717) is 18.8 Å². The summed E-state index contributed by atoms with van der Waals surface area (Å²) in [5, 5.41) is 0. The van der Waals surface area contributed by atoms with Crippen molar-refractivity contribution in [1.29, 1.82) is 0 Å². The number of nitrogens with two attached hydrogens (primary N) is 1. The fourth-order valence-corrected chi connectivity index (χ4v) is 3.05. The van der Waals surface area contributed by atoms with E-state index < -0.39 is 12.1 Å². The van der Waals surface area contributed by atoms with Gasteiger partial charge < -0.3 is 5.73 Å². The second kappa shape index (κ2) is 6.78. The molecule has 3 atom stereocenters. The molecule has 0 heterocycles. The van der Waals surface area contributed by atoms with E-state index in [2.05, 4.69) is 13.8 Å². The molecule has 0 aromatic carbocycles. The SMILES string of the molecule is CC(C)CCCC(N)C1CCCCC1C(F)(F)F. The van der Waals surface area contributed by atoms with E-state index in [4.69, 9.17) is 5.73 Å². The predicted molar refractivity (Wildman–Crippen MR) is 68.2 cm³/mol. The molecule has 0 bridgehead atoms. The Balaban J connectivity index is 2.49. The molecule has 0 aliphatic heterocycles. The number of halogens is 3. The van der Waals surface area contributed by atoms with Crippen LogP contribution in [0, 0.1) is 17.8 Å². The molecule has 1 saturated carbocycles. The molecule has 1 fully saturated rings. The Morgan fingerprint density at radius 2 is 1.72 bits per heavy atom. The molecule has 2 N–H and O–H groups in total. The second-order valence-electron chi connectivity index (χ2n) is 6.09. The minimum Gasteiger partial charge on any atom is -0.327 e. The van der Waals surface area contributed by atoms with Gasteiger partial charge in [-0.05, 0) is 31.1 Å². The summed E-state index contributed by atoms with van der Waals surface area (Å²) in [5.41, 5.74) is 6.02. The lowest BCUT2D eigenvalue weighted by Crippen LogP contribution is -2.43. The quantitative estimate of drug-likeness (QED) is 0.777. The zero-order valence-electron chi connectivity index (χ0n) is 11.5. The number of rotatable bonds is 5. The molecule has 18 heavy (non-hydrogen) atoms. The molecular formula is C14H26F3N. The first-order valence-electron chi connectivity index (χ1n) is 7.14. The summed E-state index contributed by atoms with van der Waals surface area (Å²) in [6.07, 6.45) is 1.17. The van der Waals surface area contributed by atoms with Crippen LogP contribution in [0.3, 0.4) is 0 Å². The molecule has 1 aliphatic rings. The van der Waals surface area contributed by atoms with E-state index in [9.17, 15) is 13.2 Å². The molecule has 0 radical (unpaired) electrons. The lowest BCUT2D eigenvalue weighted by atomic mass is 9.74. The van der Waals surface area contributed by atoms with Crippen molar-refractivity contribution in [2.45, 2.75) is 71.0 Å². The summed E-state index contributed by atoms with van der Waals surface area (Å²) in [6.45, 7) is 4.26. The second-order valence-corrected chi connectivity index (χ2v) is 6.09. The third kappa shape index (κ3) is 4.79. The molecule has 0 saturated heterocycles. The van der Waals surface area contributed by atoms with Gasteiger partial charge in [-0.1, -0.05) is 39.5 Å². The Kier molecular flexibility index (Phi) is 5.96. The summed E-state index contributed by atoms with van der Waals surface area (Å²) < 4.78 is 38.8. The number of hydrogen-bond acceptors (Lipinski definition) is 1. The van der Waals surface area contributed by atoms with Crippen molar-refractivity contribution < 1.29 is 13.2 Å². The van der Waals surface area contributed by atoms with Gasteiger partial charge in [0.2, 0.25) is 0 Å². The maximum absolute atomic E-state index is 12.9. The Morgan fingerprint density at radius 3 is 2.28 bits per heavy atom. The first-order valence-corrected chi connectivity index (χ1v) is 7.14. The van der Waals surface area contributed by atoms with Gasteiger partial charge in [-0.25, -0.2) is 0 Å². The van der Waals surface area contributed by atoms with Crippen LogP contribution in [-0.2, 0) is 0 Å². The van der Waals surface area contributed by atoms with Gasteiger partial charge in [-0.15, -0.1) is 0 Å². The van der Waals surface area contributed by atoms with Gasteiger partial charge in [0.25, 0.3) is 0 Å². The molecule has 0 aromatic heterocycles. The Bertz CT molecular complexity index is 238. The average Bonchev–Trinajstić information content (AvgIpc) is 2.27. The Labute approximate surface area is 108 Å². The highest BCUT2D eigenvalue weighted by Gasteiger charge is 2.46. The molecule has 1 nitrogen and oxygen atoms in total. The lowest BCUT2D eigenvalue weighted by Gasteiger charge is -2.36. The minimum absolute atomic E-state index is 0.270. The van der Waals surface area contributed by atoms with E-state index >= 15 is 0 Å². The monoisotopic (exact) mass is 265 g/mol. The van der Waals surface area contributed by atoms with Gasteiger partial charge in [0.15, 0.2) is 0 Å². The van der Waals surface area contributed by atoms with Gasteiger partial charge in [0, 0.05) is 6.04 Å². The van der Waals surface area contributed by atoms with Gasteiger partial charge in [0.05, 0.1) is 5.92 Å². The number of hydrogen-bond donors (Lipinski definition) is 1. The van der Waals surface area contributed by atoms with E-state index in [1.54, 1.807) is 0 Å². The van der Waals surface area contributed by atoms with Crippen LogP contribution in [-0.4, -0.2) is 12.2 Å². The van der Waals surface area contributed by atoms with Crippen LogP contribution in [0.5, 0.6) is 0 Å². The largest absolute Gasteiger partial charge is 0.392 e. The number of alkyl halides is 3. The first-order chi connectivity index (χ1) is 8.32. The van der Waals surface area contributed by atoms with Gasteiger partial charge in [0.1, 0.15) is 0 Å². The van der Waals surface area contributed by atoms with Crippen molar-refractivity contribution in [3.63, 3.8) is 0 Å². The molecule has 1 rings (SSSR count). The summed E-state index contributed by atoms with van der Waals surface area (Å²) in [6, 6.07) is -0.282. The van der Waals surface area contributed by atoms with Gasteiger partial charge in [-0.3, -0.25) is 0 Å². The molecule has 108 valence electrons. The van der Waals surface area contributed by atoms with Gasteiger partial charge >= 0.3 is 6.18 Å². The summed E-state index contributed by atoms with van der Waals surface area (Å²) in [4.78, 5) is 0. The lowest BCUT2D eigenvalue weighted by molar-refractivity contribution is -0.198. The highest BCUT2D eigenvalue weighted by atomic mass is 19.4. The van der Waals surface area contributed by atoms with E-state index in [-0.39, 0.29) is 18.4 Å². The van der Waals surface area contributed by atoms with E-state index in [1.165, 1.54) is 0 Å². The maximum Gasteiger partial charge on any atom is 0.392 e. The standard InChI is InChI=1S/C14H26F3N/c1-10(2)6-5-9-13(18)11-7-3-4-8-12(11)14(15,16)17/h10-13H,3-9,18H2,1-2H3. The summed E-state index contributed by atoms with van der Waals surface area (Å²) >= 11 is 0. The van der Waals surface area contributed by atoms with Crippen molar-refractivity contribution in [2.75, 3.05) is 0 Å². The highest BCUT2D eigenvalue weighted by molar-refractivity contribution is 4.86. The molecule has 0 aromatic rings. The smallest absolute Gasteiger partial charge is 0.327 e. The fraction of sp³-hybridized carbons (Fsp3) is 1.00. The zero-order valence-corrected chi connectivity index (χ0v) is 11.5. The van der Waals surface area contributed by atoms with Crippen molar-refractivity contribution >= 4 is 0 Å². The fourth-order valence-electron chi connectivity index (χ4n) is 3.05. The predicted octanol–water partition coefficient (Wildman–Crippen LogP) is 4.51. The maximum atomic E-state index is 12.9. The highest BCUT2D eigenvalue weighted by Crippen LogP contribution is 2.43. The molecule has 3 unspecified atom stereocenters. The molecule has 1 aliphatic carbocycles. The van der Waals surface area contributed by atoms with Crippen LogP contribution in [0.4, 0.5) is 13.2 Å². The van der Waals surface area contributed by atoms with Crippen molar-refractivity contribution in [2.24, 2.45) is 23.5 Å². The molecular weight excluding hydrogens is 239 g/mol. The van der Waals surface area contributed by atoms with Crippen LogP contribution in [0.25, 0.3) is 0 Å². The van der Waals surface area contributed by atoms with Crippen LogP contribution in [0.15, 0.2) is 0 Å². The third-order valence-electron chi connectivity index (χ3n) is 4.11. The van der Waals surface area contributed by atoms with Crippen molar-refractivity contribution in [3.8, 4) is 0 Å². The molecule has 0 amide bonds. The van der Waals surface area contributed by atoms with Crippen LogP contribution < -0.4 is 5.73 Å². The Morgan fingerprint density at radius 1 is 1.11 bits per heavy atom. The third-order valence-corrected chi connectivity index (χ3v) is 4.11. The van der Waals surface area contributed by atoms with Gasteiger partial charge in [-0.2, -0.15) is 13.2 Å². The Hall–Kier alpha value is -0.250. The van der Waals surface area contributed by atoms with E-state index in [1.807, 2.05) is 0 Å². The topological polar surface area (TPSA) is 26.0 Å². The summed E-state index contributed by atoms with van der Waals surface area (Å²) in [5.74, 6) is -0.923. The zero-order chi connectivity index (χ0) is 13.8. The van der Waals surface area contributed by atoms with Crippen LogP contribution >= 0.6 is 0 Å². The van der Waals surface area contributed by atoms with Crippen molar-refractivity contribution in [1.82, 2.24) is 0 Å². The van der Waals surface area contributed by atoms with Crippen molar-refractivity contribution in [3.05, 3.63) is 0 Å². The summed E-state index contributed by atoms with van der Waals surface area (Å²) in [7, 11) is 0. The van der Waals surface area contributed by atoms with Crippen LogP contribution in [0.2, 0.25) is 0 Å². The normalized spacial score (nSPS) is 27.5. The minimum atomic E-state index is -4.07. The average molecular weight is 265 g/mol.